The second-order valence-corrected chi connectivity index (χ2v) is 5.64. The first-order valence-electron chi connectivity index (χ1n) is 7.48. The number of amides is 2. The summed E-state index contributed by atoms with van der Waals surface area (Å²) in [6, 6.07) is 2.85. The highest BCUT2D eigenvalue weighted by Crippen LogP contribution is 2.08. The van der Waals surface area contributed by atoms with E-state index in [0.717, 1.165) is 0 Å². The third kappa shape index (κ3) is 4.38. The molecular weight excluding hydrogens is 294 g/mol. The highest BCUT2D eigenvalue weighted by molar-refractivity contribution is 5.97. The Morgan fingerprint density at radius 1 is 1.30 bits per heavy atom. The van der Waals surface area contributed by atoms with Crippen molar-refractivity contribution in [2.45, 2.75) is 26.3 Å². The minimum atomic E-state index is -0.555. The highest BCUT2D eigenvalue weighted by Gasteiger charge is 2.21. The molecule has 7 nitrogen and oxygen atoms in total. The van der Waals surface area contributed by atoms with E-state index in [9.17, 15) is 9.59 Å². The lowest BCUT2D eigenvalue weighted by molar-refractivity contribution is -0.122. The smallest absolute Gasteiger partial charge is 0.253 e. The second kappa shape index (κ2) is 7.53. The molecule has 23 heavy (non-hydrogen) atoms. The molecule has 2 amide bonds. The van der Waals surface area contributed by atoms with Gasteiger partial charge in [-0.3, -0.25) is 14.2 Å². The van der Waals surface area contributed by atoms with Gasteiger partial charge in [-0.2, -0.15) is 0 Å². The van der Waals surface area contributed by atoms with Crippen LogP contribution in [-0.2, 0) is 4.79 Å². The summed E-state index contributed by atoms with van der Waals surface area (Å²) in [6.07, 6.45) is 7.12. The number of hydrogen-bond donors (Lipinski definition) is 2. The molecule has 0 spiro atoms. The van der Waals surface area contributed by atoms with E-state index in [4.69, 9.17) is 0 Å². The minimum Gasteiger partial charge on any atom is -0.357 e. The number of pyridine rings is 1. The van der Waals surface area contributed by atoms with Crippen LogP contribution >= 0.6 is 0 Å². The van der Waals surface area contributed by atoms with Crippen LogP contribution in [0.4, 0.5) is 0 Å². The SMILES string of the molecule is CNC(=O)C(CC(C)C)NC(=O)c1ccc(-n2ccnc2)nc1. The summed E-state index contributed by atoms with van der Waals surface area (Å²) in [5.41, 5.74) is 0.409. The van der Waals surface area contributed by atoms with E-state index in [2.05, 4.69) is 20.6 Å². The molecule has 122 valence electrons. The second-order valence-electron chi connectivity index (χ2n) is 5.64. The van der Waals surface area contributed by atoms with Crippen LogP contribution in [0.3, 0.4) is 0 Å². The van der Waals surface area contributed by atoms with Crippen molar-refractivity contribution < 1.29 is 9.59 Å². The molecule has 2 rings (SSSR count). The number of likely N-dealkylation sites (N-methyl/N-ethyl adjacent to an activating group) is 1. The normalized spacial score (nSPS) is 12.0. The molecule has 0 saturated heterocycles. The summed E-state index contributed by atoms with van der Waals surface area (Å²) < 4.78 is 1.74. The number of carbonyl (C=O) groups is 2. The standard InChI is InChI=1S/C16H21N5O2/c1-11(2)8-13(16(23)17-3)20-15(22)12-4-5-14(19-9-12)21-7-6-18-10-21/h4-7,9-11,13H,8H2,1-3H3,(H,17,23)(H,20,22). The molecule has 0 aliphatic rings. The molecule has 2 N–H and O–H groups in total. The summed E-state index contributed by atoms with van der Waals surface area (Å²) >= 11 is 0. The summed E-state index contributed by atoms with van der Waals surface area (Å²) in [5, 5.41) is 5.33. The van der Waals surface area contributed by atoms with Gasteiger partial charge in [0, 0.05) is 25.6 Å². The summed E-state index contributed by atoms with van der Waals surface area (Å²) in [7, 11) is 1.56. The number of hydrogen-bond acceptors (Lipinski definition) is 4. The Balaban J connectivity index is 2.08. The van der Waals surface area contributed by atoms with E-state index in [0.29, 0.717) is 23.7 Å². The van der Waals surface area contributed by atoms with E-state index < -0.39 is 6.04 Å². The molecule has 1 unspecified atom stereocenters. The lowest BCUT2D eigenvalue weighted by atomic mass is 10.0. The Morgan fingerprint density at radius 2 is 2.09 bits per heavy atom. The Kier molecular flexibility index (Phi) is 5.46. The number of aromatic nitrogens is 3. The third-order valence-corrected chi connectivity index (χ3v) is 3.35. The molecule has 0 aliphatic carbocycles. The number of rotatable bonds is 6. The van der Waals surface area contributed by atoms with Crippen molar-refractivity contribution in [2.75, 3.05) is 7.05 Å². The molecule has 0 aliphatic heterocycles. The maximum atomic E-state index is 12.3. The number of nitrogens with zero attached hydrogens (tertiary/aromatic N) is 3. The number of nitrogens with one attached hydrogen (secondary N) is 2. The first-order valence-corrected chi connectivity index (χ1v) is 7.48. The zero-order valence-corrected chi connectivity index (χ0v) is 13.5. The van der Waals surface area contributed by atoms with Crippen molar-refractivity contribution in [1.82, 2.24) is 25.2 Å². The van der Waals surface area contributed by atoms with Crippen LogP contribution < -0.4 is 10.6 Å². The fourth-order valence-corrected chi connectivity index (χ4v) is 2.19. The average Bonchev–Trinajstić information content (AvgIpc) is 3.07. The molecule has 0 aromatic carbocycles. The van der Waals surface area contributed by atoms with E-state index >= 15 is 0 Å². The molecule has 0 saturated carbocycles. The Labute approximate surface area is 135 Å². The zero-order valence-electron chi connectivity index (χ0n) is 13.5. The summed E-state index contributed by atoms with van der Waals surface area (Å²) in [4.78, 5) is 32.4. The predicted octanol–water partition coefficient (Wildman–Crippen LogP) is 1.16. The van der Waals surface area contributed by atoms with Crippen LogP contribution in [0.1, 0.15) is 30.6 Å². The van der Waals surface area contributed by atoms with E-state index in [1.165, 1.54) is 6.20 Å². The molecular formula is C16H21N5O2. The van der Waals surface area contributed by atoms with E-state index in [-0.39, 0.29) is 11.8 Å². The van der Waals surface area contributed by atoms with Gasteiger partial charge in [0.1, 0.15) is 18.2 Å². The van der Waals surface area contributed by atoms with Crippen molar-refractivity contribution >= 4 is 11.8 Å². The minimum absolute atomic E-state index is 0.199. The Hall–Kier alpha value is -2.70. The monoisotopic (exact) mass is 315 g/mol. The quantitative estimate of drug-likeness (QED) is 0.837. The van der Waals surface area contributed by atoms with E-state index in [1.807, 2.05) is 13.8 Å². The largest absolute Gasteiger partial charge is 0.357 e. The molecule has 0 bridgehead atoms. The topological polar surface area (TPSA) is 88.9 Å². The lowest BCUT2D eigenvalue weighted by Gasteiger charge is -2.19. The van der Waals surface area contributed by atoms with Crippen molar-refractivity contribution in [3.63, 3.8) is 0 Å². The van der Waals surface area contributed by atoms with Crippen LogP contribution in [0.25, 0.3) is 5.82 Å². The van der Waals surface area contributed by atoms with Crippen molar-refractivity contribution in [3.05, 3.63) is 42.6 Å². The van der Waals surface area contributed by atoms with E-state index in [1.54, 1.807) is 42.5 Å². The van der Waals surface area contributed by atoms with Gasteiger partial charge in [0.05, 0.1) is 5.56 Å². The van der Waals surface area contributed by atoms with Gasteiger partial charge < -0.3 is 10.6 Å². The van der Waals surface area contributed by atoms with Crippen LogP contribution in [-0.4, -0.2) is 39.4 Å². The van der Waals surface area contributed by atoms with Crippen molar-refractivity contribution in [2.24, 2.45) is 5.92 Å². The Morgan fingerprint density at radius 3 is 2.61 bits per heavy atom. The van der Waals surface area contributed by atoms with Crippen molar-refractivity contribution in [1.29, 1.82) is 0 Å². The maximum absolute atomic E-state index is 12.3. The molecule has 7 heteroatoms. The Bertz CT molecular complexity index is 650. The van der Waals surface area contributed by atoms with Crippen LogP contribution in [0.2, 0.25) is 0 Å². The van der Waals surface area contributed by atoms with Crippen LogP contribution in [0.5, 0.6) is 0 Å². The molecule has 0 fully saturated rings. The fraction of sp³-hybridized carbons (Fsp3) is 0.375. The van der Waals surface area contributed by atoms with Crippen LogP contribution in [0.15, 0.2) is 37.1 Å². The first-order chi connectivity index (χ1) is 11.0. The molecule has 1 atom stereocenters. The van der Waals surface area contributed by atoms with Crippen molar-refractivity contribution in [3.8, 4) is 5.82 Å². The highest BCUT2D eigenvalue weighted by atomic mass is 16.2. The van der Waals surface area contributed by atoms with Gasteiger partial charge in [-0.05, 0) is 24.5 Å². The van der Waals surface area contributed by atoms with Gasteiger partial charge >= 0.3 is 0 Å². The number of carbonyl (C=O) groups excluding carboxylic acids is 2. The third-order valence-electron chi connectivity index (χ3n) is 3.35. The van der Waals surface area contributed by atoms with Gasteiger partial charge in [0.15, 0.2) is 0 Å². The molecule has 2 aromatic rings. The summed E-state index contributed by atoms with van der Waals surface area (Å²) in [5.74, 6) is 0.447. The lowest BCUT2D eigenvalue weighted by Crippen LogP contribution is -2.46. The zero-order chi connectivity index (χ0) is 16.8. The summed E-state index contributed by atoms with van der Waals surface area (Å²) in [6.45, 7) is 4.01. The van der Waals surface area contributed by atoms with Gasteiger partial charge in [0.25, 0.3) is 5.91 Å². The van der Waals surface area contributed by atoms with Gasteiger partial charge in [-0.15, -0.1) is 0 Å². The molecule has 2 aromatic heterocycles. The van der Waals surface area contributed by atoms with Gasteiger partial charge in [-0.25, -0.2) is 9.97 Å². The first kappa shape index (κ1) is 16.7. The fourth-order valence-electron chi connectivity index (χ4n) is 2.19. The van der Waals surface area contributed by atoms with Gasteiger partial charge in [0.2, 0.25) is 5.91 Å². The van der Waals surface area contributed by atoms with Gasteiger partial charge in [-0.1, -0.05) is 13.8 Å². The molecule has 0 radical (unpaired) electrons. The predicted molar refractivity (Wildman–Crippen MR) is 86.1 cm³/mol. The number of imidazole rings is 1. The average molecular weight is 315 g/mol. The maximum Gasteiger partial charge on any atom is 0.253 e. The van der Waals surface area contributed by atoms with Crippen LogP contribution in [0, 0.1) is 5.92 Å². The molecule has 2 heterocycles.